The van der Waals surface area contributed by atoms with E-state index in [-0.39, 0.29) is 11.9 Å². The van der Waals surface area contributed by atoms with E-state index < -0.39 is 0 Å². The molecular weight excluding hydrogens is 400 g/mol. The fraction of sp³-hybridized carbons (Fsp3) is 0.444. The third kappa shape index (κ3) is 4.53. The molecular formula is C27H34N2O3. The Morgan fingerprint density at radius 2 is 1.69 bits per heavy atom. The van der Waals surface area contributed by atoms with Crippen LogP contribution < -0.4 is 10.1 Å². The topological polar surface area (TPSA) is 54.7 Å². The Bertz CT molecular complexity index is 1080. The van der Waals surface area contributed by atoms with E-state index in [1.807, 2.05) is 32.0 Å². The Morgan fingerprint density at radius 1 is 1.00 bits per heavy atom. The first kappa shape index (κ1) is 22.4. The van der Waals surface area contributed by atoms with Crippen LogP contribution in [-0.4, -0.2) is 37.6 Å². The van der Waals surface area contributed by atoms with Gasteiger partial charge in [0.1, 0.15) is 11.3 Å². The van der Waals surface area contributed by atoms with Gasteiger partial charge in [-0.05, 0) is 75.5 Å². The van der Waals surface area contributed by atoms with Gasteiger partial charge in [0.05, 0.1) is 13.2 Å². The summed E-state index contributed by atoms with van der Waals surface area (Å²) in [5.74, 6) is 1.11. The zero-order valence-corrected chi connectivity index (χ0v) is 19.7. The van der Waals surface area contributed by atoms with E-state index in [1.54, 1.807) is 7.11 Å². The Kier molecular flexibility index (Phi) is 6.85. The smallest absolute Gasteiger partial charge is 0.287 e. The molecule has 2 aromatic carbocycles. The molecule has 0 saturated carbocycles. The molecule has 3 aromatic rings. The van der Waals surface area contributed by atoms with Gasteiger partial charge in [0.2, 0.25) is 0 Å². The SMILES string of the molecule is COc1ccc([C@@H](CNC(=O)c2oc3c(C)c(C)ccc3c2C)N2CCCCCC2)cc1. The summed E-state index contributed by atoms with van der Waals surface area (Å²) in [4.78, 5) is 15.7. The summed E-state index contributed by atoms with van der Waals surface area (Å²) in [6, 6.07) is 12.5. The summed E-state index contributed by atoms with van der Waals surface area (Å²) in [7, 11) is 1.68. The van der Waals surface area contributed by atoms with E-state index in [2.05, 4.69) is 35.3 Å². The second-order valence-electron chi connectivity index (χ2n) is 8.89. The van der Waals surface area contributed by atoms with Crippen LogP contribution in [0.2, 0.25) is 0 Å². The predicted molar refractivity (Wildman–Crippen MR) is 129 cm³/mol. The molecule has 170 valence electrons. The zero-order valence-electron chi connectivity index (χ0n) is 19.7. The lowest BCUT2D eigenvalue weighted by Gasteiger charge is -2.31. The molecule has 1 N–H and O–H groups in total. The zero-order chi connectivity index (χ0) is 22.7. The van der Waals surface area contributed by atoms with Crippen molar-refractivity contribution in [3.63, 3.8) is 0 Å². The van der Waals surface area contributed by atoms with Crippen LogP contribution >= 0.6 is 0 Å². The van der Waals surface area contributed by atoms with Crippen molar-refractivity contribution in [2.45, 2.75) is 52.5 Å². The molecule has 0 unspecified atom stereocenters. The minimum atomic E-state index is -0.149. The van der Waals surface area contributed by atoms with Gasteiger partial charge in [-0.15, -0.1) is 0 Å². The number of likely N-dealkylation sites (tertiary alicyclic amines) is 1. The maximum Gasteiger partial charge on any atom is 0.287 e. The van der Waals surface area contributed by atoms with Gasteiger partial charge in [-0.25, -0.2) is 0 Å². The first-order valence-electron chi connectivity index (χ1n) is 11.6. The molecule has 0 radical (unpaired) electrons. The van der Waals surface area contributed by atoms with E-state index in [0.29, 0.717) is 12.3 Å². The van der Waals surface area contributed by atoms with Gasteiger partial charge in [0.25, 0.3) is 5.91 Å². The molecule has 0 spiro atoms. The van der Waals surface area contributed by atoms with Crippen LogP contribution in [0.15, 0.2) is 40.8 Å². The Labute approximate surface area is 190 Å². The van der Waals surface area contributed by atoms with Crippen molar-refractivity contribution >= 4 is 16.9 Å². The number of nitrogens with one attached hydrogen (secondary N) is 1. The van der Waals surface area contributed by atoms with Crippen molar-refractivity contribution in [1.82, 2.24) is 10.2 Å². The van der Waals surface area contributed by atoms with Gasteiger partial charge in [-0.2, -0.15) is 0 Å². The molecule has 32 heavy (non-hydrogen) atoms. The third-order valence-corrected chi connectivity index (χ3v) is 6.87. The maximum atomic E-state index is 13.2. The molecule has 1 atom stereocenters. The van der Waals surface area contributed by atoms with Gasteiger partial charge < -0.3 is 14.5 Å². The number of furan rings is 1. The molecule has 0 aliphatic carbocycles. The van der Waals surface area contributed by atoms with Gasteiger partial charge >= 0.3 is 0 Å². The van der Waals surface area contributed by atoms with Gasteiger partial charge in [0, 0.05) is 17.5 Å². The lowest BCUT2D eigenvalue weighted by atomic mass is 10.0. The molecule has 0 bridgehead atoms. The van der Waals surface area contributed by atoms with Crippen molar-refractivity contribution < 1.29 is 13.9 Å². The van der Waals surface area contributed by atoms with Crippen molar-refractivity contribution in [1.29, 1.82) is 0 Å². The molecule has 1 aliphatic rings. The van der Waals surface area contributed by atoms with E-state index in [9.17, 15) is 4.79 Å². The quantitative estimate of drug-likeness (QED) is 0.540. The van der Waals surface area contributed by atoms with Gasteiger partial charge in [-0.3, -0.25) is 9.69 Å². The van der Waals surface area contributed by atoms with E-state index in [4.69, 9.17) is 9.15 Å². The Morgan fingerprint density at radius 3 is 2.34 bits per heavy atom. The highest BCUT2D eigenvalue weighted by molar-refractivity contribution is 5.99. The first-order chi connectivity index (χ1) is 15.5. The number of aryl methyl sites for hydroxylation is 3. The van der Waals surface area contributed by atoms with Crippen molar-refractivity contribution in [3.8, 4) is 5.75 Å². The highest BCUT2D eigenvalue weighted by Gasteiger charge is 2.24. The summed E-state index contributed by atoms with van der Waals surface area (Å²) in [6.45, 7) is 8.71. The molecule has 1 amide bonds. The van der Waals surface area contributed by atoms with E-state index >= 15 is 0 Å². The number of nitrogens with zero attached hydrogens (tertiary/aromatic N) is 1. The van der Waals surface area contributed by atoms with E-state index in [0.717, 1.165) is 40.9 Å². The van der Waals surface area contributed by atoms with Crippen molar-refractivity contribution in [3.05, 3.63) is 64.4 Å². The third-order valence-electron chi connectivity index (χ3n) is 6.87. The number of rotatable bonds is 6. The number of ether oxygens (including phenoxy) is 1. The first-order valence-corrected chi connectivity index (χ1v) is 11.6. The second kappa shape index (κ2) is 9.78. The molecule has 4 rings (SSSR count). The van der Waals surface area contributed by atoms with Crippen LogP contribution in [-0.2, 0) is 0 Å². The number of carbonyl (C=O) groups is 1. The number of amides is 1. The summed E-state index contributed by atoms with van der Waals surface area (Å²) < 4.78 is 11.4. The summed E-state index contributed by atoms with van der Waals surface area (Å²) in [5, 5.41) is 4.19. The molecule has 1 saturated heterocycles. The predicted octanol–water partition coefficient (Wildman–Crippen LogP) is 5.71. The van der Waals surface area contributed by atoms with Gasteiger partial charge in [0.15, 0.2) is 5.76 Å². The number of hydrogen-bond acceptors (Lipinski definition) is 4. The van der Waals surface area contributed by atoms with Crippen LogP contribution in [0.5, 0.6) is 5.75 Å². The maximum absolute atomic E-state index is 13.2. The monoisotopic (exact) mass is 434 g/mol. The minimum absolute atomic E-state index is 0.122. The van der Waals surface area contributed by atoms with Crippen LogP contribution in [0.1, 0.15) is 64.5 Å². The Hall–Kier alpha value is -2.79. The second-order valence-corrected chi connectivity index (χ2v) is 8.89. The van der Waals surface area contributed by atoms with Crippen LogP contribution in [0.3, 0.4) is 0 Å². The highest BCUT2D eigenvalue weighted by atomic mass is 16.5. The van der Waals surface area contributed by atoms with Crippen LogP contribution in [0.4, 0.5) is 0 Å². The lowest BCUT2D eigenvalue weighted by molar-refractivity contribution is 0.0907. The Balaban J connectivity index is 1.57. The van der Waals surface area contributed by atoms with Crippen molar-refractivity contribution in [2.75, 3.05) is 26.7 Å². The molecule has 1 fully saturated rings. The fourth-order valence-corrected chi connectivity index (χ4v) is 4.69. The fourth-order valence-electron chi connectivity index (χ4n) is 4.69. The van der Waals surface area contributed by atoms with E-state index in [1.165, 1.54) is 36.8 Å². The standard InChI is InChI=1S/C27H34N2O3/c1-18-9-14-23-20(3)26(32-25(23)19(18)2)27(30)28-17-24(29-15-7-5-6-8-16-29)21-10-12-22(31-4)13-11-21/h9-14,24H,5-8,15-17H2,1-4H3,(H,28,30)/t24-/m1/s1. The molecule has 5 heteroatoms. The molecule has 5 nitrogen and oxygen atoms in total. The van der Waals surface area contributed by atoms with Gasteiger partial charge in [-0.1, -0.05) is 37.1 Å². The summed E-state index contributed by atoms with van der Waals surface area (Å²) in [6.07, 6.45) is 4.94. The number of hydrogen-bond donors (Lipinski definition) is 1. The van der Waals surface area contributed by atoms with Crippen LogP contribution in [0.25, 0.3) is 11.0 Å². The normalized spacial score (nSPS) is 16.0. The summed E-state index contributed by atoms with van der Waals surface area (Å²) in [5.41, 5.74) is 5.16. The number of benzene rings is 2. The minimum Gasteiger partial charge on any atom is -0.497 e. The number of carbonyl (C=O) groups excluding carboxylic acids is 1. The molecule has 1 aromatic heterocycles. The highest BCUT2D eigenvalue weighted by Crippen LogP contribution is 2.30. The molecule has 2 heterocycles. The molecule has 1 aliphatic heterocycles. The number of fused-ring (bicyclic) bond motifs is 1. The summed E-state index contributed by atoms with van der Waals surface area (Å²) >= 11 is 0. The van der Waals surface area contributed by atoms with Crippen molar-refractivity contribution in [2.24, 2.45) is 0 Å². The largest absolute Gasteiger partial charge is 0.497 e. The average molecular weight is 435 g/mol. The van der Waals surface area contributed by atoms with Crippen LogP contribution in [0, 0.1) is 20.8 Å². The number of methoxy groups -OCH3 is 1. The average Bonchev–Trinajstić information content (AvgIpc) is 2.97. The lowest BCUT2D eigenvalue weighted by Crippen LogP contribution is -2.38.